The van der Waals surface area contributed by atoms with Gasteiger partial charge in [-0.25, -0.2) is 9.97 Å². The topological polar surface area (TPSA) is 69.2 Å². The van der Waals surface area contributed by atoms with Gasteiger partial charge in [-0.2, -0.15) is 0 Å². The number of pyridine rings is 1. The van der Waals surface area contributed by atoms with Crippen LogP contribution < -0.4 is 5.32 Å². The van der Waals surface area contributed by atoms with E-state index in [0.717, 1.165) is 60.9 Å². The molecule has 0 amide bonds. The van der Waals surface area contributed by atoms with E-state index in [0.29, 0.717) is 13.2 Å². The maximum Gasteiger partial charge on any atom is 0.164 e. The Morgan fingerprint density at radius 2 is 2.25 bits per heavy atom. The molecule has 1 aliphatic carbocycles. The van der Waals surface area contributed by atoms with Gasteiger partial charge >= 0.3 is 0 Å². The molecule has 2 aliphatic rings. The monoisotopic (exact) mass is 396 g/mol. The number of hydrogen-bond donors (Lipinski definition) is 1. The van der Waals surface area contributed by atoms with E-state index < -0.39 is 0 Å². The van der Waals surface area contributed by atoms with Crippen LogP contribution in [0.3, 0.4) is 0 Å². The Morgan fingerprint density at radius 3 is 3.11 bits per heavy atom. The Balaban J connectivity index is 1.36. The molecule has 0 radical (unpaired) electrons. The van der Waals surface area contributed by atoms with E-state index in [4.69, 9.17) is 19.4 Å². The van der Waals surface area contributed by atoms with Crippen molar-refractivity contribution in [2.24, 2.45) is 0 Å². The first-order chi connectivity index (χ1) is 13.9. The number of aryl methyl sites for hydroxylation is 2. The molecule has 5 rings (SSSR count). The second-order valence-corrected chi connectivity index (χ2v) is 8.40. The SMILES string of the molecule is c1cncc(-c2nc(NCCOCC3CCCO3)c3c4c(sc3n2)CCC4)c1. The molecule has 1 fully saturated rings. The summed E-state index contributed by atoms with van der Waals surface area (Å²) in [4.78, 5) is 16.5. The Kier molecular flexibility index (Phi) is 5.20. The molecule has 4 heterocycles. The molecule has 146 valence electrons. The first-order valence-corrected chi connectivity index (χ1v) is 10.9. The molecular weight excluding hydrogens is 372 g/mol. The van der Waals surface area contributed by atoms with Crippen LogP contribution in [0.5, 0.6) is 0 Å². The van der Waals surface area contributed by atoms with Crippen LogP contribution in [0.1, 0.15) is 29.7 Å². The summed E-state index contributed by atoms with van der Waals surface area (Å²) in [5.41, 5.74) is 2.37. The zero-order valence-corrected chi connectivity index (χ0v) is 16.6. The second kappa shape index (κ2) is 8.11. The predicted octanol–water partition coefficient (Wildman–Crippen LogP) is 3.85. The highest BCUT2D eigenvalue weighted by Crippen LogP contribution is 2.40. The highest BCUT2D eigenvalue weighted by molar-refractivity contribution is 7.19. The van der Waals surface area contributed by atoms with Crippen LogP contribution in [0, 0.1) is 0 Å². The first-order valence-electron chi connectivity index (χ1n) is 10.0. The number of rotatable bonds is 7. The Hall–Kier alpha value is -2.09. The van der Waals surface area contributed by atoms with Crippen molar-refractivity contribution in [3.63, 3.8) is 0 Å². The van der Waals surface area contributed by atoms with Crippen molar-refractivity contribution in [3.8, 4) is 11.4 Å². The normalized spacial score (nSPS) is 18.6. The lowest BCUT2D eigenvalue weighted by Gasteiger charge is -2.12. The molecule has 1 N–H and O–H groups in total. The Bertz CT molecular complexity index is 954. The van der Waals surface area contributed by atoms with Crippen molar-refractivity contribution >= 4 is 27.4 Å². The molecule has 0 bridgehead atoms. The van der Waals surface area contributed by atoms with Crippen LogP contribution >= 0.6 is 11.3 Å². The molecule has 1 atom stereocenters. The largest absolute Gasteiger partial charge is 0.377 e. The van der Waals surface area contributed by atoms with Gasteiger partial charge in [-0.05, 0) is 49.8 Å². The van der Waals surface area contributed by atoms with Gasteiger partial charge in [-0.15, -0.1) is 11.3 Å². The van der Waals surface area contributed by atoms with Gasteiger partial charge < -0.3 is 14.8 Å². The summed E-state index contributed by atoms with van der Waals surface area (Å²) in [5.74, 6) is 1.65. The van der Waals surface area contributed by atoms with Gasteiger partial charge in [0.15, 0.2) is 5.82 Å². The summed E-state index contributed by atoms with van der Waals surface area (Å²) in [6.07, 6.45) is 9.61. The van der Waals surface area contributed by atoms with Gasteiger partial charge in [0.05, 0.1) is 24.7 Å². The van der Waals surface area contributed by atoms with Gasteiger partial charge in [0, 0.05) is 36.0 Å². The zero-order chi connectivity index (χ0) is 18.8. The minimum Gasteiger partial charge on any atom is -0.377 e. The highest BCUT2D eigenvalue weighted by Gasteiger charge is 2.22. The fraction of sp³-hybridized carbons (Fsp3) is 0.476. The summed E-state index contributed by atoms with van der Waals surface area (Å²) in [7, 11) is 0. The molecular formula is C21H24N4O2S. The molecule has 1 unspecified atom stereocenters. The molecule has 6 nitrogen and oxygen atoms in total. The molecule has 7 heteroatoms. The highest BCUT2D eigenvalue weighted by atomic mass is 32.1. The van der Waals surface area contributed by atoms with Crippen LogP contribution in [-0.4, -0.2) is 47.4 Å². The summed E-state index contributed by atoms with van der Waals surface area (Å²) in [6, 6.07) is 3.92. The van der Waals surface area contributed by atoms with E-state index in [-0.39, 0.29) is 6.10 Å². The molecule has 0 aromatic carbocycles. The molecule has 1 aliphatic heterocycles. The third kappa shape index (κ3) is 3.62. The smallest absolute Gasteiger partial charge is 0.164 e. The van der Waals surface area contributed by atoms with Crippen molar-refractivity contribution in [1.82, 2.24) is 15.0 Å². The Morgan fingerprint density at radius 1 is 1.25 bits per heavy atom. The van der Waals surface area contributed by atoms with E-state index >= 15 is 0 Å². The van der Waals surface area contributed by atoms with Gasteiger partial charge in [0.2, 0.25) is 0 Å². The average Bonchev–Trinajstić information content (AvgIpc) is 3.45. The van der Waals surface area contributed by atoms with Gasteiger partial charge in [-0.1, -0.05) is 0 Å². The molecule has 3 aromatic heterocycles. The molecule has 0 saturated carbocycles. The zero-order valence-electron chi connectivity index (χ0n) is 15.8. The van der Waals surface area contributed by atoms with Crippen molar-refractivity contribution in [3.05, 3.63) is 35.0 Å². The van der Waals surface area contributed by atoms with Gasteiger partial charge in [0.1, 0.15) is 10.6 Å². The van der Waals surface area contributed by atoms with E-state index in [1.165, 1.54) is 22.2 Å². The number of aromatic nitrogens is 3. The van der Waals surface area contributed by atoms with Crippen molar-refractivity contribution in [1.29, 1.82) is 0 Å². The fourth-order valence-electron chi connectivity index (χ4n) is 3.98. The van der Waals surface area contributed by atoms with Crippen molar-refractivity contribution in [2.75, 3.05) is 31.7 Å². The van der Waals surface area contributed by atoms with Gasteiger partial charge in [0.25, 0.3) is 0 Å². The Labute approximate surface area is 168 Å². The van der Waals surface area contributed by atoms with Crippen LogP contribution in [0.25, 0.3) is 21.6 Å². The summed E-state index contributed by atoms with van der Waals surface area (Å²) in [5, 5.41) is 4.71. The number of anilines is 1. The maximum atomic E-state index is 5.80. The lowest BCUT2D eigenvalue weighted by Crippen LogP contribution is -2.18. The second-order valence-electron chi connectivity index (χ2n) is 7.31. The third-order valence-corrected chi connectivity index (χ3v) is 6.54. The number of fused-ring (bicyclic) bond motifs is 3. The van der Waals surface area contributed by atoms with Crippen LogP contribution in [0.2, 0.25) is 0 Å². The standard InChI is InChI=1S/C21H24N4O2S/c1-6-16-17(7-1)28-21-18(16)20(23-9-11-26-13-15-5-3-10-27-15)24-19(25-21)14-4-2-8-22-12-14/h2,4,8,12,15H,1,3,5-7,9-11,13H2,(H,23,24,25). The quantitative estimate of drug-likeness (QED) is 0.612. The minimum absolute atomic E-state index is 0.267. The third-order valence-electron chi connectivity index (χ3n) is 5.35. The number of thiophene rings is 1. The average molecular weight is 397 g/mol. The van der Waals surface area contributed by atoms with Gasteiger partial charge in [-0.3, -0.25) is 4.98 Å². The summed E-state index contributed by atoms with van der Waals surface area (Å²) < 4.78 is 11.4. The molecule has 0 spiro atoms. The van der Waals surface area contributed by atoms with E-state index in [9.17, 15) is 0 Å². The van der Waals surface area contributed by atoms with Crippen LogP contribution in [-0.2, 0) is 22.3 Å². The molecule has 28 heavy (non-hydrogen) atoms. The minimum atomic E-state index is 0.267. The van der Waals surface area contributed by atoms with Crippen molar-refractivity contribution < 1.29 is 9.47 Å². The van der Waals surface area contributed by atoms with Crippen LogP contribution in [0.15, 0.2) is 24.5 Å². The number of nitrogens with one attached hydrogen (secondary N) is 1. The molecule has 3 aromatic rings. The maximum absolute atomic E-state index is 5.80. The van der Waals surface area contributed by atoms with Crippen molar-refractivity contribution in [2.45, 2.75) is 38.2 Å². The first kappa shape index (κ1) is 18.0. The lowest BCUT2D eigenvalue weighted by atomic mass is 10.2. The summed E-state index contributed by atoms with van der Waals surface area (Å²) >= 11 is 1.81. The lowest BCUT2D eigenvalue weighted by molar-refractivity contribution is 0.0206. The fourth-order valence-corrected chi connectivity index (χ4v) is 5.24. The van der Waals surface area contributed by atoms with E-state index in [2.05, 4.69) is 10.3 Å². The van der Waals surface area contributed by atoms with E-state index in [1.807, 2.05) is 29.7 Å². The number of nitrogens with zero attached hydrogens (tertiary/aromatic N) is 3. The summed E-state index contributed by atoms with van der Waals surface area (Å²) in [6.45, 7) is 2.90. The predicted molar refractivity (Wildman–Crippen MR) is 111 cm³/mol. The van der Waals surface area contributed by atoms with E-state index in [1.54, 1.807) is 6.20 Å². The van der Waals surface area contributed by atoms with Crippen LogP contribution in [0.4, 0.5) is 5.82 Å². The number of hydrogen-bond acceptors (Lipinski definition) is 7. The number of ether oxygens (including phenoxy) is 2. The molecule has 1 saturated heterocycles.